The van der Waals surface area contributed by atoms with E-state index in [2.05, 4.69) is 163 Å². The molecule has 3 aromatic heterocycles. The summed E-state index contributed by atoms with van der Waals surface area (Å²) >= 11 is 1.83. The molecule has 0 aliphatic heterocycles. The van der Waals surface area contributed by atoms with Gasteiger partial charge in [0.25, 0.3) is 0 Å². The second-order valence-electron chi connectivity index (χ2n) is 16.0. The molecule has 8 aromatic rings. The Morgan fingerprint density at radius 2 is 1.33 bits per heavy atom. The number of rotatable bonds is 6. The van der Waals surface area contributed by atoms with Gasteiger partial charge in [-0.2, -0.15) is 11.3 Å². The van der Waals surface area contributed by atoms with Crippen LogP contribution in [0.2, 0.25) is 19.6 Å². The van der Waals surface area contributed by atoms with Gasteiger partial charge in [0.15, 0.2) is 0 Å². The van der Waals surface area contributed by atoms with Gasteiger partial charge in [-0.1, -0.05) is 136 Å². The van der Waals surface area contributed by atoms with Crippen LogP contribution < -0.4 is 5.19 Å². The Labute approximate surface area is 339 Å². The third-order valence-corrected chi connectivity index (χ3v) is 12.8. The first kappa shape index (κ1) is 39.2. The van der Waals surface area contributed by atoms with Crippen LogP contribution in [0.3, 0.4) is 0 Å². The Morgan fingerprint density at radius 1 is 0.667 bits per heavy atom. The fourth-order valence-electron chi connectivity index (χ4n) is 7.04. The summed E-state index contributed by atoms with van der Waals surface area (Å²) in [5.41, 5.74) is 12.0. The number of aryl methyl sites for hydroxylation is 1. The molecule has 0 spiro atoms. The molecule has 5 aromatic carbocycles. The van der Waals surface area contributed by atoms with Crippen LogP contribution in [0.25, 0.3) is 64.9 Å². The summed E-state index contributed by atoms with van der Waals surface area (Å²) in [6.45, 7) is 16.2. The number of fused-ring (bicyclic) bond motifs is 3. The van der Waals surface area contributed by atoms with Gasteiger partial charge in [-0.15, -0.1) is 59.7 Å². The van der Waals surface area contributed by atoms with Crippen molar-refractivity contribution in [3.05, 3.63) is 163 Å². The van der Waals surface area contributed by atoms with Crippen molar-refractivity contribution in [1.29, 1.82) is 0 Å². The van der Waals surface area contributed by atoms with Crippen molar-refractivity contribution < 1.29 is 20.1 Å². The maximum atomic E-state index is 4.86. The van der Waals surface area contributed by atoms with Gasteiger partial charge in [0, 0.05) is 42.8 Å². The number of nitrogens with zero attached hydrogens (tertiary/aromatic N) is 2. The van der Waals surface area contributed by atoms with Crippen LogP contribution in [0.15, 0.2) is 140 Å². The first-order valence-corrected chi connectivity index (χ1v) is 22.7. The molecule has 0 aliphatic rings. The number of hydrogen-bond donors (Lipinski definition) is 0. The van der Waals surface area contributed by atoms with Crippen LogP contribution in [0, 0.1) is 24.5 Å². The molecule has 0 N–H and O–H groups in total. The van der Waals surface area contributed by atoms with Crippen LogP contribution in [0.4, 0.5) is 0 Å². The summed E-state index contributed by atoms with van der Waals surface area (Å²) in [4.78, 5) is 9.57. The fourth-order valence-corrected chi connectivity index (χ4v) is 9.85. The molecule has 1 radical (unpaired) electrons. The van der Waals surface area contributed by atoms with E-state index in [-0.39, 0.29) is 25.5 Å². The molecule has 3 heterocycles. The molecule has 0 unspecified atom stereocenters. The molecule has 273 valence electrons. The summed E-state index contributed by atoms with van der Waals surface area (Å²) in [6.07, 6.45) is 5.20. The topological polar surface area (TPSA) is 25.8 Å². The molecular weight excluding hydrogens is 869 g/mol. The molecule has 0 aliphatic carbocycles. The van der Waals surface area contributed by atoms with E-state index in [1.807, 2.05) is 47.9 Å². The first-order valence-electron chi connectivity index (χ1n) is 18.4. The molecule has 2 nitrogen and oxygen atoms in total. The van der Waals surface area contributed by atoms with Gasteiger partial charge in [-0.3, -0.25) is 0 Å². The van der Waals surface area contributed by atoms with Crippen molar-refractivity contribution >= 4 is 44.8 Å². The third kappa shape index (κ3) is 8.72. The van der Waals surface area contributed by atoms with Gasteiger partial charge in [-0.25, -0.2) is 0 Å². The van der Waals surface area contributed by atoms with Gasteiger partial charge in [-0.05, 0) is 73.7 Å². The van der Waals surface area contributed by atoms with E-state index in [0.29, 0.717) is 0 Å². The molecule has 0 atom stereocenters. The second kappa shape index (κ2) is 16.5. The van der Waals surface area contributed by atoms with Crippen LogP contribution in [-0.2, 0) is 26.5 Å². The minimum atomic E-state index is -1.37. The molecular formula is C49H46IrN2SSi-2. The van der Waals surface area contributed by atoms with Gasteiger partial charge in [0.2, 0.25) is 0 Å². The third-order valence-electron chi connectivity index (χ3n) is 9.50. The van der Waals surface area contributed by atoms with E-state index in [0.717, 1.165) is 28.9 Å². The van der Waals surface area contributed by atoms with E-state index in [1.54, 1.807) is 0 Å². The van der Waals surface area contributed by atoms with Crippen LogP contribution in [-0.4, -0.2) is 18.0 Å². The summed E-state index contributed by atoms with van der Waals surface area (Å²) in [5, 5.41) is 4.06. The molecule has 54 heavy (non-hydrogen) atoms. The van der Waals surface area contributed by atoms with Crippen LogP contribution >= 0.6 is 11.3 Å². The predicted octanol–water partition coefficient (Wildman–Crippen LogP) is 13.2. The molecule has 5 heteroatoms. The maximum absolute atomic E-state index is 4.86. The standard InChI is InChI=1S/C30H20NS.C19H26NSi.Ir/c1-20-18-27(31-19-26(20)22-12-6-3-7-13-22)24-15-8-16-25-29-23(21-10-4-2-5-11-21)14-9-17-28(29)32-30(24)25;1-19(2,3)13-16-12-17(15-10-8-7-9-11-15)20-14-18(16)21(4,5)6;/h2-14,16-19H,1H3;7-10,12,14H,13H2,1-6H3;/q2*-1;. The molecule has 0 bridgehead atoms. The van der Waals surface area contributed by atoms with E-state index in [4.69, 9.17) is 9.97 Å². The average Bonchev–Trinajstić information content (AvgIpc) is 3.54. The number of hydrogen-bond acceptors (Lipinski definition) is 3. The van der Waals surface area contributed by atoms with E-state index < -0.39 is 8.07 Å². The zero-order valence-electron chi connectivity index (χ0n) is 32.1. The molecule has 8 rings (SSSR count). The van der Waals surface area contributed by atoms with Gasteiger partial charge in [0.05, 0.1) is 8.07 Å². The first-order chi connectivity index (χ1) is 25.5. The van der Waals surface area contributed by atoms with Crippen molar-refractivity contribution in [3.8, 4) is 44.8 Å². The molecule has 0 saturated heterocycles. The van der Waals surface area contributed by atoms with Gasteiger partial charge < -0.3 is 9.97 Å². The zero-order valence-corrected chi connectivity index (χ0v) is 36.3. The second-order valence-corrected chi connectivity index (χ2v) is 22.1. The predicted molar refractivity (Wildman–Crippen MR) is 232 cm³/mol. The van der Waals surface area contributed by atoms with E-state index in [9.17, 15) is 0 Å². The minimum absolute atomic E-state index is 0. The van der Waals surface area contributed by atoms with E-state index in [1.165, 1.54) is 58.7 Å². The normalized spacial score (nSPS) is 11.5. The Hall–Kier alpha value is -4.51. The molecule has 0 fully saturated rings. The molecule has 0 saturated carbocycles. The number of thiophene rings is 1. The zero-order chi connectivity index (χ0) is 37.2. The van der Waals surface area contributed by atoms with Crippen molar-refractivity contribution in [2.24, 2.45) is 5.41 Å². The Balaban J connectivity index is 0.000000198. The smallest absolute Gasteiger partial charge is 0.0798 e. The Kier molecular flexibility index (Phi) is 11.9. The van der Waals surface area contributed by atoms with Crippen LogP contribution in [0.5, 0.6) is 0 Å². The van der Waals surface area contributed by atoms with Crippen molar-refractivity contribution in [3.63, 3.8) is 0 Å². The Morgan fingerprint density at radius 3 is 1.96 bits per heavy atom. The SMILES string of the molecule is CC(C)(C)Cc1cc(-c2[c-]cccc2)ncc1[Si](C)(C)C.Cc1cc(-c2[c-]ccc3c2sc2cccc(-c4ccccc4)c23)ncc1-c1ccccc1.[Ir]. The number of aromatic nitrogens is 2. The molecule has 0 amide bonds. The van der Waals surface area contributed by atoms with Gasteiger partial charge >= 0.3 is 0 Å². The maximum Gasteiger partial charge on any atom is 0.0798 e. The van der Waals surface area contributed by atoms with Crippen LogP contribution in [0.1, 0.15) is 31.9 Å². The average molecular weight is 915 g/mol. The van der Waals surface area contributed by atoms with E-state index >= 15 is 0 Å². The van der Waals surface area contributed by atoms with Gasteiger partial charge in [0.1, 0.15) is 0 Å². The number of pyridine rings is 2. The Bertz CT molecular complexity index is 2500. The largest absolute Gasteiger partial charge is 0.305 e. The summed E-state index contributed by atoms with van der Waals surface area (Å²) < 4.78 is 2.53. The minimum Gasteiger partial charge on any atom is -0.305 e. The summed E-state index contributed by atoms with van der Waals surface area (Å²) in [7, 11) is -1.37. The van der Waals surface area contributed by atoms with Crippen molar-refractivity contribution in [1.82, 2.24) is 9.97 Å². The summed E-state index contributed by atoms with van der Waals surface area (Å²) in [6, 6.07) is 51.2. The fraction of sp³-hybridized carbons (Fsp3) is 0.184. The monoisotopic (exact) mass is 915 g/mol. The number of benzene rings is 5. The van der Waals surface area contributed by atoms with Crippen molar-refractivity contribution in [2.45, 2.75) is 53.8 Å². The quantitative estimate of drug-likeness (QED) is 0.123. The summed E-state index contributed by atoms with van der Waals surface area (Å²) in [5.74, 6) is 0. The van der Waals surface area contributed by atoms with Crippen molar-refractivity contribution in [2.75, 3.05) is 0 Å².